The number of aromatic nitrogens is 2. The first-order valence-corrected chi connectivity index (χ1v) is 8.33. The Morgan fingerprint density at radius 1 is 1.38 bits per heavy atom. The number of amides is 1. The maximum atomic E-state index is 12.5. The summed E-state index contributed by atoms with van der Waals surface area (Å²) in [4.78, 5) is 15.5. The Morgan fingerprint density at radius 2 is 2.10 bits per heavy atom. The second-order valence-electron chi connectivity index (χ2n) is 5.62. The third-order valence-corrected chi connectivity index (χ3v) is 5.25. The van der Waals surface area contributed by atoms with Crippen molar-refractivity contribution in [2.24, 2.45) is 13.0 Å². The van der Waals surface area contributed by atoms with Gasteiger partial charge in [0.2, 0.25) is 0 Å². The largest absolute Gasteiger partial charge is 0.337 e. The fourth-order valence-electron chi connectivity index (χ4n) is 2.63. The second-order valence-corrected chi connectivity index (χ2v) is 7.33. The highest BCUT2D eigenvalue weighted by Crippen LogP contribution is 2.31. The third kappa shape index (κ3) is 2.99. The number of carbonyl (C=O) groups is 1. The smallest absolute Gasteiger partial charge is 0.274 e. The zero-order valence-electron chi connectivity index (χ0n) is 12.2. The molecule has 1 aliphatic heterocycles. The molecule has 0 saturated carbocycles. The molecule has 0 aliphatic carbocycles. The molecular weight excluding hydrogens is 306 g/mol. The van der Waals surface area contributed by atoms with Crippen molar-refractivity contribution in [3.05, 3.63) is 28.2 Å². The number of thiophene rings is 1. The number of rotatable bonds is 2. The molecule has 0 atom stereocenters. The summed E-state index contributed by atoms with van der Waals surface area (Å²) in [6.07, 6.45) is 2.15. The Kier molecular flexibility index (Phi) is 4.04. The van der Waals surface area contributed by atoms with Crippen molar-refractivity contribution in [1.82, 2.24) is 14.7 Å². The molecule has 0 radical (unpaired) electrons. The number of aryl methyl sites for hydroxylation is 1. The van der Waals surface area contributed by atoms with Crippen molar-refractivity contribution in [1.29, 1.82) is 0 Å². The molecule has 1 saturated heterocycles. The van der Waals surface area contributed by atoms with Crippen molar-refractivity contribution in [2.75, 3.05) is 13.1 Å². The standard InChI is InChI=1S/C15H18ClN3OS/c1-10-5-7-19(8-6-10)15(20)11-9-12(18(2)17-11)13-3-4-14(16)21-13/h3-4,9-10H,5-8H2,1-2H3. The van der Waals surface area contributed by atoms with Gasteiger partial charge >= 0.3 is 0 Å². The maximum absolute atomic E-state index is 12.5. The van der Waals surface area contributed by atoms with E-state index in [2.05, 4.69) is 12.0 Å². The minimum Gasteiger partial charge on any atom is -0.337 e. The van der Waals surface area contributed by atoms with Gasteiger partial charge in [-0.3, -0.25) is 9.48 Å². The molecule has 21 heavy (non-hydrogen) atoms. The van der Waals surface area contributed by atoms with E-state index in [4.69, 9.17) is 11.6 Å². The Labute approximate surface area is 133 Å². The summed E-state index contributed by atoms with van der Waals surface area (Å²) in [6, 6.07) is 5.69. The van der Waals surface area contributed by atoms with E-state index >= 15 is 0 Å². The minimum absolute atomic E-state index is 0.0337. The van der Waals surface area contributed by atoms with Crippen LogP contribution in [0.2, 0.25) is 4.34 Å². The highest BCUT2D eigenvalue weighted by atomic mass is 35.5. The molecule has 1 fully saturated rings. The van der Waals surface area contributed by atoms with Gasteiger partial charge in [0.1, 0.15) is 0 Å². The van der Waals surface area contributed by atoms with E-state index in [1.807, 2.05) is 30.1 Å². The first-order valence-electron chi connectivity index (χ1n) is 7.13. The Bertz CT molecular complexity index is 656. The van der Waals surface area contributed by atoms with Crippen LogP contribution in [0.5, 0.6) is 0 Å². The SMILES string of the molecule is CC1CCN(C(=O)c2cc(-c3ccc(Cl)s3)n(C)n2)CC1. The van der Waals surface area contributed by atoms with Crippen LogP contribution in [-0.4, -0.2) is 33.7 Å². The van der Waals surface area contributed by atoms with E-state index in [1.54, 1.807) is 4.68 Å². The number of hydrogen-bond acceptors (Lipinski definition) is 3. The number of nitrogens with zero attached hydrogens (tertiary/aromatic N) is 3. The van der Waals surface area contributed by atoms with Gasteiger partial charge in [0.15, 0.2) is 5.69 Å². The van der Waals surface area contributed by atoms with Crippen molar-refractivity contribution in [3.63, 3.8) is 0 Å². The monoisotopic (exact) mass is 323 g/mol. The number of piperidine rings is 1. The van der Waals surface area contributed by atoms with Gasteiger partial charge in [-0.15, -0.1) is 11.3 Å². The van der Waals surface area contributed by atoms with Gasteiger partial charge in [-0.05, 0) is 37.0 Å². The van der Waals surface area contributed by atoms with Crippen LogP contribution >= 0.6 is 22.9 Å². The Balaban J connectivity index is 1.82. The first kappa shape index (κ1) is 14.6. The number of hydrogen-bond donors (Lipinski definition) is 0. The summed E-state index contributed by atoms with van der Waals surface area (Å²) in [7, 11) is 1.86. The zero-order valence-corrected chi connectivity index (χ0v) is 13.7. The van der Waals surface area contributed by atoms with Crippen molar-refractivity contribution < 1.29 is 4.79 Å². The minimum atomic E-state index is 0.0337. The fraction of sp³-hybridized carbons (Fsp3) is 0.467. The van der Waals surface area contributed by atoms with Crippen molar-refractivity contribution >= 4 is 28.8 Å². The molecule has 6 heteroatoms. The molecule has 1 aliphatic rings. The molecule has 2 aromatic heterocycles. The molecule has 0 unspecified atom stereocenters. The first-order chi connectivity index (χ1) is 10.0. The van der Waals surface area contributed by atoms with E-state index in [0.29, 0.717) is 11.6 Å². The van der Waals surface area contributed by atoms with Crippen LogP contribution in [0, 0.1) is 5.92 Å². The lowest BCUT2D eigenvalue weighted by Crippen LogP contribution is -2.38. The lowest BCUT2D eigenvalue weighted by molar-refractivity contribution is 0.0690. The van der Waals surface area contributed by atoms with Crippen LogP contribution in [0.1, 0.15) is 30.3 Å². The van der Waals surface area contributed by atoms with Gasteiger partial charge in [0, 0.05) is 20.1 Å². The molecule has 3 heterocycles. The third-order valence-electron chi connectivity index (χ3n) is 4.00. The molecule has 0 aromatic carbocycles. The lowest BCUT2D eigenvalue weighted by Gasteiger charge is -2.29. The highest BCUT2D eigenvalue weighted by Gasteiger charge is 2.24. The summed E-state index contributed by atoms with van der Waals surface area (Å²) < 4.78 is 2.49. The molecule has 4 nitrogen and oxygen atoms in total. The molecule has 3 rings (SSSR count). The van der Waals surface area contributed by atoms with Crippen molar-refractivity contribution in [2.45, 2.75) is 19.8 Å². The quantitative estimate of drug-likeness (QED) is 0.845. The predicted molar refractivity (Wildman–Crippen MR) is 85.8 cm³/mol. The average molecular weight is 324 g/mol. The van der Waals surface area contributed by atoms with Gasteiger partial charge < -0.3 is 4.90 Å². The van der Waals surface area contributed by atoms with Gasteiger partial charge in [0.05, 0.1) is 14.9 Å². The normalized spacial score (nSPS) is 16.4. The van der Waals surface area contributed by atoms with Gasteiger partial charge in [0.25, 0.3) is 5.91 Å². The fourth-order valence-corrected chi connectivity index (χ4v) is 3.72. The molecule has 0 spiro atoms. The van der Waals surface area contributed by atoms with Crippen LogP contribution < -0.4 is 0 Å². The van der Waals surface area contributed by atoms with Crippen LogP contribution in [0.25, 0.3) is 10.6 Å². The summed E-state index contributed by atoms with van der Waals surface area (Å²) in [5, 5.41) is 4.38. The Morgan fingerprint density at radius 3 is 2.71 bits per heavy atom. The predicted octanol–water partition coefficient (Wildman–Crippen LogP) is 3.67. The number of carbonyl (C=O) groups excluding carboxylic acids is 1. The van der Waals surface area contributed by atoms with Crippen LogP contribution in [0.3, 0.4) is 0 Å². The van der Waals surface area contributed by atoms with Gasteiger partial charge in [-0.2, -0.15) is 5.10 Å². The topological polar surface area (TPSA) is 38.1 Å². The summed E-state index contributed by atoms with van der Waals surface area (Å²) in [5.74, 6) is 0.744. The van der Waals surface area contributed by atoms with Crippen molar-refractivity contribution in [3.8, 4) is 10.6 Å². The van der Waals surface area contributed by atoms with E-state index in [0.717, 1.165) is 40.8 Å². The van der Waals surface area contributed by atoms with E-state index in [1.165, 1.54) is 11.3 Å². The van der Waals surface area contributed by atoms with Crippen LogP contribution in [0.4, 0.5) is 0 Å². The zero-order chi connectivity index (χ0) is 15.0. The second kappa shape index (κ2) is 5.81. The van der Waals surface area contributed by atoms with Gasteiger partial charge in [-0.25, -0.2) is 0 Å². The molecule has 0 N–H and O–H groups in total. The average Bonchev–Trinajstić information content (AvgIpc) is 3.05. The van der Waals surface area contributed by atoms with Gasteiger partial charge in [-0.1, -0.05) is 18.5 Å². The summed E-state index contributed by atoms with van der Waals surface area (Å²) >= 11 is 7.48. The maximum Gasteiger partial charge on any atom is 0.274 e. The molecule has 0 bridgehead atoms. The van der Waals surface area contributed by atoms with Crippen LogP contribution in [-0.2, 0) is 7.05 Å². The van der Waals surface area contributed by atoms with E-state index in [9.17, 15) is 4.79 Å². The molecule has 112 valence electrons. The molecule has 1 amide bonds. The lowest BCUT2D eigenvalue weighted by atomic mass is 9.99. The summed E-state index contributed by atoms with van der Waals surface area (Å²) in [6.45, 7) is 3.90. The molecule has 2 aromatic rings. The Hall–Kier alpha value is -1.33. The van der Waals surface area contributed by atoms with Crippen LogP contribution in [0.15, 0.2) is 18.2 Å². The number of likely N-dealkylation sites (tertiary alicyclic amines) is 1. The highest BCUT2D eigenvalue weighted by molar-refractivity contribution is 7.19. The van der Waals surface area contributed by atoms with E-state index in [-0.39, 0.29) is 5.91 Å². The molecular formula is C15H18ClN3OS. The summed E-state index contributed by atoms with van der Waals surface area (Å²) in [5.41, 5.74) is 1.45. The van der Waals surface area contributed by atoms with E-state index < -0.39 is 0 Å². The number of halogens is 1.